The van der Waals surface area contributed by atoms with Crippen molar-refractivity contribution in [2.24, 2.45) is 0 Å². The van der Waals surface area contributed by atoms with E-state index in [4.69, 9.17) is 9.47 Å². The summed E-state index contributed by atoms with van der Waals surface area (Å²) in [5.41, 5.74) is 0.670. The Bertz CT molecular complexity index is 606. The van der Waals surface area contributed by atoms with Crippen molar-refractivity contribution in [2.75, 3.05) is 13.7 Å². The van der Waals surface area contributed by atoms with Crippen LogP contribution in [0.4, 0.5) is 0 Å². The van der Waals surface area contributed by atoms with Gasteiger partial charge in [-0.25, -0.2) is 9.97 Å². The van der Waals surface area contributed by atoms with Gasteiger partial charge in [-0.3, -0.25) is 9.36 Å². The molecule has 7 heteroatoms. The minimum atomic E-state index is -0.231. The zero-order valence-electron chi connectivity index (χ0n) is 10.00. The number of ether oxygens (including phenoxy) is 2. The molecule has 1 unspecified atom stereocenters. The topological polar surface area (TPSA) is 82.0 Å². The molecule has 0 aromatic carbocycles. The maximum absolute atomic E-state index is 11.5. The third-order valence-electron chi connectivity index (χ3n) is 3.11. The summed E-state index contributed by atoms with van der Waals surface area (Å²) >= 11 is 0. The van der Waals surface area contributed by atoms with E-state index in [1.165, 1.54) is 6.33 Å². The average Bonchev–Trinajstić information content (AvgIpc) is 2.96. The highest BCUT2D eigenvalue weighted by molar-refractivity contribution is 5.68. The summed E-state index contributed by atoms with van der Waals surface area (Å²) in [5, 5.41) is 0. The number of nitrogens with zero attached hydrogens (tertiary/aromatic N) is 3. The molecule has 0 saturated carbocycles. The van der Waals surface area contributed by atoms with Crippen molar-refractivity contribution >= 4 is 11.2 Å². The molecule has 3 rings (SSSR count). The number of nitrogens with one attached hydrogen (secondary N) is 1. The van der Waals surface area contributed by atoms with Crippen LogP contribution in [0, 0.1) is 0 Å². The molecule has 0 radical (unpaired) electrons. The van der Waals surface area contributed by atoms with E-state index in [1.54, 1.807) is 18.0 Å². The molecule has 96 valence electrons. The molecule has 1 aliphatic rings. The van der Waals surface area contributed by atoms with Crippen LogP contribution in [0.25, 0.3) is 11.2 Å². The molecule has 1 fully saturated rings. The Hall–Kier alpha value is -1.73. The van der Waals surface area contributed by atoms with Crippen LogP contribution in [0.1, 0.15) is 19.1 Å². The monoisotopic (exact) mass is 250 g/mol. The van der Waals surface area contributed by atoms with E-state index < -0.39 is 0 Å². The molecule has 2 aromatic heterocycles. The summed E-state index contributed by atoms with van der Waals surface area (Å²) in [6, 6.07) is 0. The Balaban J connectivity index is 1.92. The second-order valence-corrected chi connectivity index (χ2v) is 4.30. The highest BCUT2D eigenvalue weighted by atomic mass is 16.5. The predicted octanol–water partition coefficient (Wildman–Crippen LogP) is 0.444. The number of imidazole rings is 1. The lowest BCUT2D eigenvalue weighted by Gasteiger charge is -2.14. The Kier molecular flexibility index (Phi) is 2.85. The van der Waals surface area contributed by atoms with Crippen LogP contribution in [-0.2, 0) is 9.47 Å². The highest BCUT2D eigenvalue weighted by Crippen LogP contribution is 2.29. The third-order valence-corrected chi connectivity index (χ3v) is 3.11. The lowest BCUT2D eigenvalue weighted by Crippen LogP contribution is -2.16. The lowest BCUT2D eigenvalue weighted by atomic mass is 10.2. The fourth-order valence-corrected chi connectivity index (χ4v) is 2.27. The van der Waals surface area contributed by atoms with Crippen LogP contribution in [0.3, 0.4) is 0 Å². The fourth-order valence-electron chi connectivity index (χ4n) is 2.27. The second-order valence-electron chi connectivity index (χ2n) is 4.30. The van der Waals surface area contributed by atoms with Gasteiger partial charge in [0.05, 0.1) is 25.4 Å². The Morgan fingerprint density at radius 3 is 3.28 bits per heavy atom. The van der Waals surface area contributed by atoms with Crippen molar-refractivity contribution in [3.8, 4) is 0 Å². The smallest absolute Gasteiger partial charge is 0.278 e. The standard InChI is InChI=1S/C11H14N4O3/c1-17-4-7-2-3-8(18-7)15-6-14-9-10(15)12-5-13-11(9)16/h5-8H,2-4H2,1H3,(H,12,13,16)/t7?,8-/m1/s1. The first-order valence-electron chi connectivity index (χ1n) is 5.84. The van der Waals surface area contributed by atoms with E-state index in [1.807, 2.05) is 0 Å². The van der Waals surface area contributed by atoms with Crippen molar-refractivity contribution in [1.29, 1.82) is 0 Å². The van der Waals surface area contributed by atoms with Crippen molar-refractivity contribution in [3.05, 3.63) is 23.0 Å². The van der Waals surface area contributed by atoms with Gasteiger partial charge in [0, 0.05) is 7.11 Å². The molecule has 0 amide bonds. The number of hydrogen-bond acceptors (Lipinski definition) is 5. The minimum absolute atomic E-state index is 0.0967. The van der Waals surface area contributed by atoms with E-state index in [0.29, 0.717) is 17.8 Å². The molecule has 1 N–H and O–H groups in total. The van der Waals surface area contributed by atoms with Gasteiger partial charge in [-0.2, -0.15) is 0 Å². The first-order valence-corrected chi connectivity index (χ1v) is 5.84. The molecule has 1 saturated heterocycles. The van der Waals surface area contributed by atoms with Gasteiger partial charge in [-0.1, -0.05) is 0 Å². The fraction of sp³-hybridized carbons (Fsp3) is 0.545. The number of aromatic amines is 1. The summed E-state index contributed by atoms with van der Waals surface area (Å²) in [5.74, 6) is 0. The minimum Gasteiger partial charge on any atom is -0.382 e. The molecule has 2 atom stereocenters. The van der Waals surface area contributed by atoms with Crippen LogP contribution >= 0.6 is 0 Å². The molecular weight excluding hydrogens is 236 g/mol. The Labute approximate surface area is 103 Å². The molecule has 1 aliphatic heterocycles. The number of aromatic nitrogens is 4. The van der Waals surface area contributed by atoms with E-state index in [9.17, 15) is 4.79 Å². The summed E-state index contributed by atoms with van der Waals surface area (Å²) < 4.78 is 12.7. The molecule has 18 heavy (non-hydrogen) atoms. The van der Waals surface area contributed by atoms with Crippen LogP contribution in [0.5, 0.6) is 0 Å². The first kappa shape index (κ1) is 11.4. The van der Waals surface area contributed by atoms with Crippen LogP contribution in [-0.4, -0.2) is 39.3 Å². The van der Waals surface area contributed by atoms with Gasteiger partial charge in [-0.15, -0.1) is 0 Å². The van der Waals surface area contributed by atoms with Gasteiger partial charge in [0.15, 0.2) is 11.2 Å². The Morgan fingerprint density at radius 2 is 2.44 bits per heavy atom. The van der Waals surface area contributed by atoms with Crippen LogP contribution in [0.2, 0.25) is 0 Å². The van der Waals surface area contributed by atoms with Gasteiger partial charge in [-0.05, 0) is 12.8 Å². The molecule has 7 nitrogen and oxygen atoms in total. The number of hydrogen-bond donors (Lipinski definition) is 1. The Morgan fingerprint density at radius 1 is 1.56 bits per heavy atom. The van der Waals surface area contributed by atoms with E-state index >= 15 is 0 Å². The summed E-state index contributed by atoms with van der Waals surface area (Å²) in [4.78, 5) is 22.3. The predicted molar refractivity (Wildman–Crippen MR) is 63.2 cm³/mol. The van der Waals surface area contributed by atoms with E-state index in [2.05, 4.69) is 15.0 Å². The zero-order chi connectivity index (χ0) is 12.5. The number of rotatable bonds is 3. The van der Waals surface area contributed by atoms with Gasteiger partial charge in [0.2, 0.25) is 0 Å². The molecule has 2 aromatic rings. The van der Waals surface area contributed by atoms with E-state index in [0.717, 1.165) is 12.8 Å². The number of H-pyrrole nitrogens is 1. The number of methoxy groups -OCH3 is 1. The first-order chi connectivity index (χ1) is 8.79. The SMILES string of the molecule is COCC1CC[C@H](n2cnc3c(=O)[nH]cnc32)O1. The van der Waals surface area contributed by atoms with Crippen molar-refractivity contribution in [2.45, 2.75) is 25.2 Å². The molecule has 0 aliphatic carbocycles. The molecular formula is C11H14N4O3. The maximum atomic E-state index is 11.5. The summed E-state index contributed by atoms with van der Waals surface area (Å²) in [6.45, 7) is 0.580. The highest BCUT2D eigenvalue weighted by Gasteiger charge is 2.27. The quantitative estimate of drug-likeness (QED) is 0.855. The van der Waals surface area contributed by atoms with Gasteiger partial charge < -0.3 is 14.5 Å². The third kappa shape index (κ3) is 1.81. The normalized spacial score (nSPS) is 23.8. The second kappa shape index (κ2) is 4.51. The van der Waals surface area contributed by atoms with Gasteiger partial charge in [0.25, 0.3) is 5.56 Å². The molecule has 0 bridgehead atoms. The molecule has 3 heterocycles. The van der Waals surface area contributed by atoms with Crippen LogP contribution < -0.4 is 5.56 Å². The lowest BCUT2D eigenvalue weighted by molar-refractivity contribution is -0.0300. The summed E-state index contributed by atoms with van der Waals surface area (Å²) in [7, 11) is 1.66. The average molecular weight is 250 g/mol. The largest absolute Gasteiger partial charge is 0.382 e. The van der Waals surface area contributed by atoms with Crippen molar-refractivity contribution in [1.82, 2.24) is 19.5 Å². The van der Waals surface area contributed by atoms with Gasteiger partial charge in [0.1, 0.15) is 6.23 Å². The van der Waals surface area contributed by atoms with Crippen LogP contribution in [0.15, 0.2) is 17.4 Å². The van der Waals surface area contributed by atoms with Gasteiger partial charge >= 0.3 is 0 Å². The van der Waals surface area contributed by atoms with Crippen molar-refractivity contribution < 1.29 is 9.47 Å². The van der Waals surface area contributed by atoms with E-state index in [-0.39, 0.29) is 17.9 Å². The maximum Gasteiger partial charge on any atom is 0.278 e. The molecule has 0 spiro atoms. The van der Waals surface area contributed by atoms with Crippen molar-refractivity contribution in [3.63, 3.8) is 0 Å². The summed E-state index contributed by atoms with van der Waals surface area (Å²) in [6.07, 6.45) is 4.76. The zero-order valence-corrected chi connectivity index (χ0v) is 10.00. The number of fused-ring (bicyclic) bond motifs is 1.